The van der Waals surface area contributed by atoms with Gasteiger partial charge in [-0.25, -0.2) is 4.98 Å². The van der Waals surface area contributed by atoms with Crippen LogP contribution in [0.3, 0.4) is 0 Å². The summed E-state index contributed by atoms with van der Waals surface area (Å²) < 4.78 is 0. The van der Waals surface area contributed by atoms with Crippen LogP contribution in [-0.4, -0.2) is 28.9 Å². The van der Waals surface area contributed by atoms with E-state index in [-0.39, 0.29) is 12.5 Å². The van der Waals surface area contributed by atoms with Crippen molar-refractivity contribution < 1.29 is 4.79 Å². The smallest absolute Gasteiger partial charge is 0.231 e. The molecular weight excluding hydrogens is 238 g/mol. The van der Waals surface area contributed by atoms with E-state index in [1.165, 1.54) is 0 Å². The molecule has 17 heavy (non-hydrogen) atoms. The largest absolute Gasteiger partial charge is 0.369 e. The van der Waals surface area contributed by atoms with Crippen molar-refractivity contribution in [1.29, 1.82) is 0 Å². The van der Waals surface area contributed by atoms with Gasteiger partial charge in [0.1, 0.15) is 5.15 Å². The number of aromatic nitrogens is 1. The lowest BCUT2D eigenvalue weighted by molar-refractivity contribution is -0.119. The Balaban J connectivity index is 2.64. The normalized spacial score (nSPS) is 11.1. The van der Waals surface area contributed by atoms with Crippen molar-refractivity contribution in [1.82, 2.24) is 9.88 Å². The number of carbonyl (C=O) groups is 1. The van der Waals surface area contributed by atoms with Crippen LogP contribution in [0, 0.1) is 5.92 Å². The topological polar surface area (TPSA) is 59.2 Å². The third kappa shape index (κ3) is 5.65. The lowest BCUT2D eigenvalue weighted by Crippen LogP contribution is -2.35. The highest BCUT2D eigenvalue weighted by Crippen LogP contribution is 2.09. The molecule has 4 nitrogen and oxygen atoms in total. The Morgan fingerprint density at radius 1 is 1.53 bits per heavy atom. The van der Waals surface area contributed by atoms with Gasteiger partial charge in [-0.3, -0.25) is 9.69 Å². The van der Waals surface area contributed by atoms with E-state index >= 15 is 0 Å². The van der Waals surface area contributed by atoms with Gasteiger partial charge in [-0.15, -0.1) is 0 Å². The van der Waals surface area contributed by atoms with E-state index in [0.29, 0.717) is 17.6 Å². The van der Waals surface area contributed by atoms with Crippen LogP contribution in [-0.2, 0) is 11.3 Å². The molecule has 0 aliphatic carbocycles. The van der Waals surface area contributed by atoms with Crippen LogP contribution < -0.4 is 5.73 Å². The van der Waals surface area contributed by atoms with E-state index in [2.05, 4.69) is 18.8 Å². The summed E-state index contributed by atoms with van der Waals surface area (Å²) in [4.78, 5) is 17.0. The van der Waals surface area contributed by atoms with Crippen LogP contribution >= 0.6 is 11.6 Å². The number of nitrogens with two attached hydrogens (primary N) is 1. The first kappa shape index (κ1) is 13.9. The van der Waals surface area contributed by atoms with Gasteiger partial charge in [0.15, 0.2) is 0 Å². The molecule has 0 radical (unpaired) electrons. The van der Waals surface area contributed by atoms with Crippen molar-refractivity contribution in [3.05, 3.63) is 29.0 Å². The zero-order valence-electron chi connectivity index (χ0n) is 10.2. The summed E-state index contributed by atoms with van der Waals surface area (Å²) in [5.74, 6) is 0.169. The van der Waals surface area contributed by atoms with Gasteiger partial charge in [0.05, 0.1) is 6.54 Å². The monoisotopic (exact) mass is 255 g/mol. The van der Waals surface area contributed by atoms with Gasteiger partial charge in [0, 0.05) is 19.3 Å². The minimum absolute atomic E-state index is 0.265. The predicted octanol–water partition coefficient (Wildman–Crippen LogP) is 1.68. The van der Waals surface area contributed by atoms with E-state index in [1.54, 1.807) is 12.3 Å². The summed E-state index contributed by atoms with van der Waals surface area (Å²) in [6.45, 7) is 5.96. The molecule has 1 aromatic heterocycles. The molecule has 1 amide bonds. The summed E-state index contributed by atoms with van der Waals surface area (Å²) in [7, 11) is 0. The molecule has 2 N–H and O–H groups in total. The van der Waals surface area contributed by atoms with Gasteiger partial charge in [-0.2, -0.15) is 0 Å². The Bertz CT molecular complexity index is 365. The Morgan fingerprint density at radius 3 is 2.71 bits per heavy atom. The first-order valence-corrected chi connectivity index (χ1v) is 5.96. The number of rotatable bonds is 6. The number of carbonyl (C=O) groups excluding carboxylic acids is 1. The highest BCUT2D eigenvalue weighted by Gasteiger charge is 2.11. The minimum atomic E-state index is -0.312. The maximum atomic E-state index is 11.0. The molecule has 1 aromatic rings. The molecule has 0 aromatic carbocycles. The fourth-order valence-electron chi connectivity index (χ4n) is 1.68. The van der Waals surface area contributed by atoms with E-state index in [0.717, 1.165) is 12.1 Å². The van der Waals surface area contributed by atoms with Gasteiger partial charge in [-0.05, 0) is 17.5 Å². The van der Waals surface area contributed by atoms with Crippen molar-refractivity contribution in [3.63, 3.8) is 0 Å². The second-order valence-electron chi connectivity index (χ2n) is 4.52. The van der Waals surface area contributed by atoms with Crippen LogP contribution in [0.5, 0.6) is 0 Å². The second-order valence-corrected chi connectivity index (χ2v) is 4.91. The molecule has 0 saturated heterocycles. The maximum absolute atomic E-state index is 11.0. The van der Waals surface area contributed by atoms with Crippen molar-refractivity contribution in [2.24, 2.45) is 11.7 Å². The van der Waals surface area contributed by atoms with Gasteiger partial charge < -0.3 is 5.73 Å². The molecule has 0 atom stereocenters. The Hall–Kier alpha value is -1.13. The predicted molar refractivity (Wildman–Crippen MR) is 68.6 cm³/mol. The van der Waals surface area contributed by atoms with Crippen molar-refractivity contribution in [2.45, 2.75) is 20.4 Å². The number of hydrogen-bond acceptors (Lipinski definition) is 3. The van der Waals surface area contributed by atoms with E-state index < -0.39 is 0 Å². The molecule has 0 bridgehead atoms. The molecule has 1 heterocycles. The summed E-state index contributed by atoms with van der Waals surface area (Å²) >= 11 is 5.72. The van der Waals surface area contributed by atoms with Crippen LogP contribution in [0.2, 0.25) is 5.15 Å². The molecule has 5 heteroatoms. The van der Waals surface area contributed by atoms with E-state index in [9.17, 15) is 4.79 Å². The van der Waals surface area contributed by atoms with Gasteiger partial charge >= 0.3 is 0 Å². The number of halogens is 1. The van der Waals surface area contributed by atoms with Crippen LogP contribution in [0.4, 0.5) is 0 Å². The number of amides is 1. The van der Waals surface area contributed by atoms with Gasteiger partial charge in [-0.1, -0.05) is 31.5 Å². The van der Waals surface area contributed by atoms with Gasteiger partial charge in [0.2, 0.25) is 5.91 Å². The zero-order valence-corrected chi connectivity index (χ0v) is 10.9. The minimum Gasteiger partial charge on any atom is -0.369 e. The van der Waals surface area contributed by atoms with Crippen LogP contribution in [0.15, 0.2) is 18.3 Å². The molecule has 0 aliphatic heterocycles. The zero-order chi connectivity index (χ0) is 12.8. The lowest BCUT2D eigenvalue weighted by Gasteiger charge is -2.22. The Kier molecular flexibility index (Phi) is 5.38. The van der Waals surface area contributed by atoms with E-state index in [4.69, 9.17) is 17.3 Å². The number of nitrogens with zero attached hydrogens (tertiary/aromatic N) is 2. The standard InChI is InChI=1S/C12H18ClN3O/c1-9(2)6-16(8-12(14)17)7-10-3-4-11(13)15-5-10/h3-5,9H,6-8H2,1-2H3,(H2,14,17). The molecule has 0 saturated carbocycles. The Labute approximate surface area is 107 Å². The van der Waals surface area contributed by atoms with Crippen molar-refractivity contribution >= 4 is 17.5 Å². The average molecular weight is 256 g/mol. The van der Waals surface area contributed by atoms with Crippen molar-refractivity contribution in [3.8, 4) is 0 Å². The SMILES string of the molecule is CC(C)CN(CC(N)=O)Cc1ccc(Cl)nc1. The molecule has 0 unspecified atom stereocenters. The highest BCUT2D eigenvalue weighted by molar-refractivity contribution is 6.29. The first-order chi connectivity index (χ1) is 7.97. The molecule has 0 fully saturated rings. The second kappa shape index (κ2) is 6.57. The summed E-state index contributed by atoms with van der Waals surface area (Å²) in [5, 5.41) is 0.471. The lowest BCUT2D eigenvalue weighted by atomic mass is 10.2. The maximum Gasteiger partial charge on any atom is 0.231 e. The number of pyridine rings is 1. The molecular formula is C12H18ClN3O. The third-order valence-electron chi connectivity index (χ3n) is 2.20. The van der Waals surface area contributed by atoms with Crippen LogP contribution in [0.25, 0.3) is 0 Å². The average Bonchev–Trinajstić information content (AvgIpc) is 2.19. The molecule has 1 rings (SSSR count). The first-order valence-electron chi connectivity index (χ1n) is 5.58. The van der Waals surface area contributed by atoms with E-state index in [1.807, 2.05) is 11.0 Å². The third-order valence-corrected chi connectivity index (χ3v) is 2.42. The number of hydrogen-bond donors (Lipinski definition) is 1. The van der Waals surface area contributed by atoms with Crippen molar-refractivity contribution in [2.75, 3.05) is 13.1 Å². The quantitative estimate of drug-likeness (QED) is 0.787. The summed E-state index contributed by atoms with van der Waals surface area (Å²) in [6.07, 6.45) is 1.72. The number of primary amides is 1. The summed E-state index contributed by atoms with van der Waals surface area (Å²) in [6, 6.07) is 3.65. The van der Waals surface area contributed by atoms with Gasteiger partial charge in [0.25, 0.3) is 0 Å². The molecule has 0 aliphatic rings. The highest BCUT2D eigenvalue weighted by atomic mass is 35.5. The molecule has 94 valence electrons. The fourth-order valence-corrected chi connectivity index (χ4v) is 1.79. The Morgan fingerprint density at radius 2 is 2.24 bits per heavy atom. The van der Waals surface area contributed by atoms with Crippen LogP contribution in [0.1, 0.15) is 19.4 Å². The fraction of sp³-hybridized carbons (Fsp3) is 0.500. The molecule has 0 spiro atoms. The summed E-state index contributed by atoms with van der Waals surface area (Å²) in [5.41, 5.74) is 6.25.